The number of imidazole rings is 1. The number of alkyl halides is 3. The molecule has 0 bridgehead atoms. The Morgan fingerprint density at radius 3 is 1.65 bits per heavy atom. The van der Waals surface area contributed by atoms with Crippen molar-refractivity contribution in [1.82, 2.24) is 9.13 Å². The lowest BCUT2D eigenvalue weighted by Crippen LogP contribution is -2.25. The molecular formula is C22H16F3N3O3. The van der Waals surface area contributed by atoms with Gasteiger partial charge in [-0.25, -0.2) is 4.79 Å². The van der Waals surface area contributed by atoms with Crippen LogP contribution in [-0.2, 0) is 19.3 Å². The summed E-state index contributed by atoms with van der Waals surface area (Å²) in [5, 5.41) is 10.8. The van der Waals surface area contributed by atoms with E-state index < -0.39 is 16.7 Å². The van der Waals surface area contributed by atoms with Crippen LogP contribution in [0.2, 0.25) is 0 Å². The van der Waals surface area contributed by atoms with Crippen molar-refractivity contribution in [1.29, 1.82) is 0 Å². The van der Waals surface area contributed by atoms with Crippen LogP contribution in [0.25, 0.3) is 11.0 Å². The van der Waals surface area contributed by atoms with Crippen molar-refractivity contribution >= 4 is 16.7 Å². The third-order valence-corrected chi connectivity index (χ3v) is 5.03. The van der Waals surface area contributed by atoms with Crippen LogP contribution in [0.1, 0.15) is 16.7 Å². The number of rotatable bonds is 5. The van der Waals surface area contributed by atoms with E-state index in [0.717, 1.165) is 12.1 Å². The Hall–Kier alpha value is -3.88. The zero-order valence-corrected chi connectivity index (χ0v) is 16.0. The monoisotopic (exact) mass is 427 g/mol. The zero-order chi connectivity index (χ0) is 22.2. The Morgan fingerprint density at radius 1 is 0.774 bits per heavy atom. The molecule has 9 heteroatoms. The maximum absolute atomic E-state index is 13.1. The van der Waals surface area contributed by atoms with E-state index in [9.17, 15) is 28.1 Å². The fraction of sp³-hybridized carbons (Fsp3) is 0.136. The van der Waals surface area contributed by atoms with Crippen LogP contribution in [0.5, 0.6) is 0 Å². The highest BCUT2D eigenvalue weighted by molar-refractivity contribution is 5.76. The van der Waals surface area contributed by atoms with Gasteiger partial charge in [-0.2, -0.15) is 13.2 Å². The van der Waals surface area contributed by atoms with E-state index in [0.29, 0.717) is 22.2 Å². The fourth-order valence-electron chi connectivity index (χ4n) is 3.47. The smallest absolute Gasteiger partial charge is 0.287 e. The minimum absolute atomic E-state index is 0.0409. The third kappa shape index (κ3) is 4.07. The largest absolute Gasteiger partial charge is 0.416 e. The number of benzene rings is 3. The van der Waals surface area contributed by atoms with Gasteiger partial charge in [0.1, 0.15) is 0 Å². The second-order valence-electron chi connectivity index (χ2n) is 7.06. The lowest BCUT2D eigenvalue weighted by Gasteiger charge is -2.08. The average molecular weight is 427 g/mol. The predicted octanol–water partition coefficient (Wildman–Crippen LogP) is 4.83. The van der Waals surface area contributed by atoms with E-state index >= 15 is 0 Å². The van der Waals surface area contributed by atoms with E-state index in [-0.39, 0.29) is 24.5 Å². The van der Waals surface area contributed by atoms with Crippen molar-refractivity contribution in [2.45, 2.75) is 19.3 Å². The molecule has 0 radical (unpaired) electrons. The van der Waals surface area contributed by atoms with E-state index in [1.807, 2.05) is 0 Å². The first-order chi connectivity index (χ1) is 14.7. The standard InChI is InChI=1S/C22H16F3N3O3/c23-22(24,25)17-9-5-15(6-10-17)13-26-19-3-1-2-4-20(19)27(21(26)29)14-16-7-11-18(12-8-16)28(30)31/h1-12H,13-14H2. The maximum atomic E-state index is 13.1. The molecule has 0 amide bonds. The van der Waals surface area contributed by atoms with Crippen molar-refractivity contribution < 1.29 is 18.1 Å². The molecule has 0 aliphatic rings. The summed E-state index contributed by atoms with van der Waals surface area (Å²) in [5.74, 6) is 0. The van der Waals surface area contributed by atoms with Gasteiger partial charge in [0.2, 0.25) is 0 Å². The Bertz CT molecular complexity index is 1300. The molecule has 4 aromatic rings. The molecule has 6 nitrogen and oxygen atoms in total. The molecule has 0 spiro atoms. The minimum Gasteiger partial charge on any atom is -0.287 e. The summed E-state index contributed by atoms with van der Waals surface area (Å²) in [6, 6.07) is 17.8. The topological polar surface area (TPSA) is 70.1 Å². The molecule has 158 valence electrons. The van der Waals surface area contributed by atoms with Gasteiger partial charge in [-0.3, -0.25) is 19.2 Å². The molecule has 0 atom stereocenters. The molecule has 0 unspecified atom stereocenters. The summed E-state index contributed by atoms with van der Waals surface area (Å²) in [6.45, 7) is 0.322. The van der Waals surface area contributed by atoms with Crippen molar-refractivity contribution in [3.63, 3.8) is 0 Å². The van der Waals surface area contributed by atoms with Gasteiger partial charge >= 0.3 is 11.9 Å². The second-order valence-corrected chi connectivity index (χ2v) is 7.06. The van der Waals surface area contributed by atoms with Gasteiger partial charge in [0.05, 0.1) is 34.6 Å². The molecule has 3 aromatic carbocycles. The summed E-state index contributed by atoms with van der Waals surface area (Å²) in [7, 11) is 0. The second kappa shape index (κ2) is 7.75. The lowest BCUT2D eigenvalue weighted by molar-refractivity contribution is -0.384. The first-order valence-corrected chi connectivity index (χ1v) is 9.31. The Kier molecular flexibility index (Phi) is 5.10. The van der Waals surface area contributed by atoms with Gasteiger partial charge in [-0.05, 0) is 35.4 Å². The van der Waals surface area contributed by atoms with E-state index in [1.165, 1.54) is 28.8 Å². The van der Waals surface area contributed by atoms with Gasteiger partial charge in [0.25, 0.3) is 5.69 Å². The van der Waals surface area contributed by atoms with Crippen molar-refractivity contribution in [3.8, 4) is 0 Å². The molecule has 1 heterocycles. The highest BCUT2D eigenvalue weighted by Gasteiger charge is 2.30. The van der Waals surface area contributed by atoms with E-state index in [4.69, 9.17) is 0 Å². The van der Waals surface area contributed by atoms with Gasteiger partial charge in [-0.1, -0.05) is 36.4 Å². The number of para-hydroxylation sites is 2. The van der Waals surface area contributed by atoms with Crippen LogP contribution in [-0.4, -0.2) is 14.1 Å². The quantitative estimate of drug-likeness (QED) is 0.339. The molecular weight excluding hydrogens is 411 g/mol. The van der Waals surface area contributed by atoms with Gasteiger partial charge in [0, 0.05) is 12.1 Å². The lowest BCUT2D eigenvalue weighted by atomic mass is 10.1. The van der Waals surface area contributed by atoms with Crippen LogP contribution in [0, 0.1) is 10.1 Å². The minimum atomic E-state index is -4.42. The summed E-state index contributed by atoms with van der Waals surface area (Å²) in [5.41, 5.74) is 1.48. The van der Waals surface area contributed by atoms with E-state index in [1.54, 1.807) is 41.0 Å². The zero-order valence-electron chi connectivity index (χ0n) is 16.0. The number of fused-ring (bicyclic) bond motifs is 1. The van der Waals surface area contributed by atoms with Gasteiger partial charge < -0.3 is 0 Å². The molecule has 4 rings (SSSR count). The molecule has 0 aliphatic heterocycles. The van der Waals surface area contributed by atoms with Crippen LogP contribution in [0.15, 0.2) is 77.6 Å². The Morgan fingerprint density at radius 2 is 1.23 bits per heavy atom. The number of hydrogen-bond donors (Lipinski definition) is 0. The predicted molar refractivity (Wildman–Crippen MR) is 109 cm³/mol. The SMILES string of the molecule is O=c1n(Cc2ccc([N+](=O)[O-])cc2)c2ccccc2n1Cc1ccc(C(F)(F)F)cc1. The molecule has 0 aliphatic carbocycles. The molecule has 0 fully saturated rings. The maximum Gasteiger partial charge on any atom is 0.416 e. The molecule has 0 saturated carbocycles. The molecule has 0 saturated heterocycles. The summed E-state index contributed by atoms with van der Waals surface area (Å²) >= 11 is 0. The summed E-state index contributed by atoms with van der Waals surface area (Å²) in [4.78, 5) is 23.5. The van der Waals surface area contributed by atoms with E-state index in [2.05, 4.69) is 0 Å². The van der Waals surface area contributed by atoms with Crippen molar-refractivity contribution in [2.24, 2.45) is 0 Å². The van der Waals surface area contributed by atoms with Crippen LogP contribution in [0.3, 0.4) is 0 Å². The van der Waals surface area contributed by atoms with Crippen LogP contribution >= 0.6 is 0 Å². The number of halogens is 3. The summed E-state index contributed by atoms with van der Waals surface area (Å²) in [6.07, 6.45) is -4.42. The average Bonchev–Trinajstić information content (AvgIpc) is 3.00. The third-order valence-electron chi connectivity index (χ3n) is 5.03. The molecule has 1 aromatic heterocycles. The first-order valence-electron chi connectivity index (χ1n) is 9.31. The fourth-order valence-corrected chi connectivity index (χ4v) is 3.47. The number of nitro groups is 1. The number of non-ortho nitro benzene ring substituents is 1. The normalized spacial score (nSPS) is 11.7. The number of nitrogens with zero attached hydrogens (tertiary/aromatic N) is 3. The first kappa shape index (κ1) is 20.4. The number of aromatic nitrogens is 2. The Labute approximate surface area is 173 Å². The highest BCUT2D eigenvalue weighted by Crippen LogP contribution is 2.29. The number of nitro benzene ring substituents is 1. The number of hydrogen-bond acceptors (Lipinski definition) is 3. The van der Waals surface area contributed by atoms with Crippen LogP contribution < -0.4 is 5.69 Å². The summed E-state index contributed by atoms with van der Waals surface area (Å²) < 4.78 is 41.5. The van der Waals surface area contributed by atoms with Crippen molar-refractivity contribution in [3.05, 3.63) is 110 Å². The van der Waals surface area contributed by atoms with Gasteiger partial charge in [-0.15, -0.1) is 0 Å². The van der Waals surface area contributed by atoms with Crippen molar-refractivity contribution in [2.75, 3.05) is 0 Å². The highest BCUT2D eigenvalue weighted by atomic mass is 19.4. The van der Waals surface area contributed by atoms with Gasteiger partial charge in [0.15, 0.2) is 0 Å². The Balaban J connectivity index is 1.70. The van der Waals surface area contributed by atoms with Crippen LogP contribution in [0.4, 0.5) is 18.9 Å². The molecule has 31 heavy (non-hydrogen) atoms. The molecule has 0 N–H and O–H groups in total.